The molecule has 214 valence electrons. The maximum absolute atomic E-state index is 13.2. The molecule has 1 amide bonds. The molecule has 4 heterocycles. The van der Waals surface area contributed by atoms with Crippen LogP contribution in [0.1, 0.15) is 79.5 Å². The Morgan fingerprint density at radius 2 is 1.83 bits per heavy atom. The summed E-state index contributed by atoms with van der Waals surface area (Å²) in [5.41, 5.74) is 6.01. The number of hydrogen-bond donors (Lipinski definition) is 3. The number of nitrogens with zero attached hydrogens (tertiary/aromatic N) is 4. The van der Waals surface area contributed by atoms with Crippen molar-refractivity contribution in [3.63, 3.8) is 0 Å². The molecule has 3 aromatic heterocycles. The zero-order valence-electron chi connectivity index (χ0n) is 23.7. The molecule has 4 aromatic rings. The molecule has 2 fully saturated rings. The lowest BCUT2D eigenvalue weighted by atomic mass is 9.85. The van der Waals surface area contributed by atoms with Crippen molar-refractivity contribution >= 4 is 22.5 Å². The molecule has 8 heteroatoms. The van der Waals surface area contributed by atoms with Crippen LogP contribution in [0.2, 0.25) is 0 Å². The van der Waals surface area contributed by atoms with Crippen LogP contribution < -0.4 is 5.32 Å². The summed E-state index contributed by atoms with van der Waals surface area (Å²) in [5.74, 6) is 0.626. The Morgan fingerprint density at radius 1 is 0.976 bits per heavy atom. The van der Waals surface area contributed by atoms with Crippen LogP contribution in [-0.4, -0.2) is 55.3 Å². The van der Waals surface area contributed by atoms with Gasteiger partial charge in [0.05, 0.1) is 23.5 Å². The van der Waals surface area contributed by atoms with Gasteiger partial charge in [-0.2, -0.15) is 5.10 Å². The molecule has 0 spiro atoms. The Hall–Kier alpha value is -3.62. The minimum absolute atomic E-state index is 0.180. The average Bonchev–Trinajstić information content (AvgIpc) is 3.44. The number of amides is 1. The van der Waals surface area contributed by atoms with Gasteiger partial charge in [-0.15, -0.1) is 0 Å². The highest BCUT2D eigenvalue weighted by molar-refractivity contribution is 6.11. The van der Waals surface area contributed by atoms with E-state index in [0.717, 1.165) is 78.1 Å². The molecule has 41 heavy (non-hydrogen) atoms. The van der Waals surface area contributed by atoms with Gasteiger partial charge < -0.3 is 10.4 Å². The van der Waals surface area contributed by atoms with Gasteiger partial charge >= 0.3 is 0 Å². The molecule has 8 nitrogen and oxygen atoms in total. The second kappa shape index (κ2) is 12.9. The maximum Gasteiger partial charge on any atom is 0.276 e. The number of aliphatic hydroxyl groups excluding tert-OH is 1. The molecule has 1 aliphatic heterocycles. The standard InChI is InChI=1S/C33H40N6O2/c40-29-13-15-39(16-14-29)22-24-17-26(20-34-19-24)25-9-12-31-30(18-25)32(38-37-31)33(41)36-28-11-10-27(35-21-28)8-4-7-23-5-2-1-3-6-23/h9-12,17-21,23,29,40H,1-8,13-16,22H2,(H,36,41)(H,37,38). The maximum atomic E-state index is 13.2. The Morgan fingerprint density at radius 3 is 2.63 bits per heavy atom. The van der Waals surface area contributed by atoms with Crippen LogP contribution in [0.4, 0.5) is 5.69 Å². The summed E-state index contributed by atoms with van der Waals surface area (Å²) in [4.78, 5) is 24.7. The largest absolute Gasteiger partial charge is 0.393 e. The monoisotopic (exact) mass is 552 g/mol. The first-order valence-corrected chi connectivity index (χ1v) is 15.2. The minimum atomic E-state index is -0.264. The first-order valence-electron chi connectivity index (χ1n) is 15.2. The van der Waals surface area contributed by atoms with E-state index >= 15 is 0 Å². The first-order chi connectivity index (χ1) is 20.1. The fraction of sp³-hybridized carbons (Fsp3) is 0.455. The van der Waals surface area contributed by atoms with Crippen LogP contribution in [-0.2, 0) is 13.0 Å². The van der Waals surface area contributed by atoms with Crippen LogP contribution in [0.25, 0.3) is 22.0 Å². The van der Waals surface area contributed by atoms with Crippen molar-refractivity contribution in [3.8, 4) is 11.1 Å². The van der Waals surface area contributed by atoms with Crippen LogP contribution in [0.5, 0.6) is 0 Å². The molecule has 1 saturated carbocycles. The van der Waals surface area contributed by atoms with E-state index in [0.29, 0.717) is 11.4 Å². The zero-order valence-corrected chi connectivity index (χ0v) is 23.7. The van der Waals surface area contributed by atoms with Crippen molar-refractivity contribution < 1.29 is 9.90 Å². The number of carbonyl (C=O) groups is 1. The highest BCUT2D eigenvalue weighted by Gasteiger charge is 2.19. The Bertz CT molecular complexity index is 1450. The van der Waals surface area contributed by atoms with Gasteiger partial charge in [-0.1, -0.05) is 44.6 Å². The smallest absolute Gasteiger partial charge is 0.276 e. The number of benzene rings is 1. The SMILES string of the molecule is O=C(Nc1ccc(CCCC2CCCCC2)nc1)c1n[nH]c2ccc(-c3cncc(CN4CCC(O)CC4)c3)cc12. The van der Waals surface area contributed by atoms with E-state index in [1.807, 2.05) is 42.7 Å². The molecule has 1 aromatic carbocycles. The third-order valence-corrected chi connectivity index (χ3v) is 8.72. The molecular weight excluding hydrogens is 512 g/mol. The number of carbonyl (C=O) groups excluding carboxylic acids is 1. The number of aryl methyl sites for hydroxylation is 1. The summed E-state index contributed by atoms with van der Waals surface area (Å²) in [6, 6.07) is 12.1. The number of aromatic amines is 1. The Labute approximate surface area is 241 Å². The number of anilines is 1. The first kappa shape index (κ1) is 27.5. The summed E-state index contributed by atoms with van der Waals surface area (Å²) >= 11 is 0. The topological polar surface area (TPSA) is 107 Å². The lowest BCUT2D eigenvalue weighted by Crippen LogP contribution is -2.35. The van der Waals surface area contributed by atoms with Crippen LogP contribution in [0.15, 0.2) is 55.0 Å². The number of fused-ring (bicyclic) bond motifs is 1. The molecule has 2 aliphatic rings. The van der Waals surface area contributed by atoms with Gasteiger partial charge in [-0.05, 0) is 73.1 Å². The van der Waals surface area contributed by atoms with E-state index in [-0.39, 0.29) is 12.0 Å². The second-order valence-corrected chi connectivity index (χ2v) is 11.8. The molecule has 0 bridgehead atoms. The van der Waals surface area contributed by atoms with E-state index in [9.17, 15) is 9.90 Å². The van der Waals surface area contributed by atoms with Crippen LogP contribution in [0, 0.1) is 5.92 Å². The third-order valence-electron chi connectivity index (χ3n) is 8.72. The Kier molecular flexibility index (Phi) is 8.68. The van der Waals surface area contributed by atoms with Gasteiger partial charge in [-0.25, -0.2) is 0 Å². The summed E-state index contributed by atoms with van der Waals surface area (Å²) in [5, 5.41) is 20.9. The predicted octanol–water partition coefficient (Wildman–Crippen LogP) is 6.13. The highest BCUT2D eigenvalue weighted by atomic mass is 16.3. The fourth-order valence-corrected chi connectivity index (χ4v) is 6.32. The van der Waals surface area contributed by atoms with Crippen molar-refractivity contribution in [2.24, 2.45) is 5.92 Å². The minimum Gasteiger partial charge on any atom is -0.393 e. The molecule has 1 aliphatic carbocycles. The van der Waals surface area contributed by atoms with Gasteiger partial charge in [0, 0.05) is 48.7 Å². The van der Waals surface area contributed by atoms with Gasteiger partial charge in [-0.3, -0.25) is 24.8 Å². The van der Waals surface area contributed by atoms with Gasteiger partial charge in [0.1, 0.15) is 0 Å². The summed E-state index contributed by atoms with van der Waals surface area (Å²) in [7, 11) is 0. The number of aromatic nitrogens is 4. The predicted molar refractivity (Wildman–Crippen MR) is 162 cm³/mol. The normalized spacial score (nSPS) is 17.2. The quantitative estimate of drug-likeness (QED) is 0.231. The van der Waals surface area contributed by atoms with E-state index < -0.39 is 0 Å². The second-order valence-electron chi connectivity index (χ2n) is 11.8. The van der Waals surface area contributed by atoms with E-state index in [1.165, 1.54) is 44.9 Å². The van der Waals surface area contributed by atoms with Gasteiger partial charge in [0.2, 0.25) is 0 Å². The number of hydrogen-bond acceptors (Lipinski definition) is 6. The summed E-state index contributed by atoms with van der Waals surface area (Å²) in [6.07, 6.45) is 17.3. The van der Waals surface area contributed by atoms with Crippen LogP contribution in [0.3, 0.4) is 0 Å². The van der Waals surface area contributed by atoms with Crippen LogP contribution >= 0.6 is 0 Å². The lowest BCUT2D eigenvalue weighted by Gasteiger charge is -2.29. The van der Waals surface area contributed by atoms with Crippen molar-refractivity contribution in [2.75, 3.05) is 18.4 Å². The van der Waals surface area contributed by atoms with Crippen molar-refractivity contribution in [1.82, 2.24) is 25.1 Å². The number of piperidine rings is 1. The molecule has 0 atom stereocenters. The van der Waals surface area contributed by atoms with Crippen molar-refractivity contribution in [1.29, 1.82) is 0 Å². The van der Waals surface area contributed by atoms with E-state index in [2.05, 4.69) is 36.4 Å². The lowest BCUT2D eigenvalue weighted by molar-refractivity contribution is 0.0792. The van der Waals surface area contributed by atoms with E-state index in [4.69, 9.17) is 0 Å². The number of likely N-dealkylation sites (tertiary alicyclic amines) is 1. The molecule has 3 N–H and O–H groups in total. The third kappa shape index (κ3) is 7.00. The molecule has 6 rings (SSSR count). The number of H-pyrrole nitrogens is 1. The zero-order chi connectivity index (χ0) is 28.0. The van der Waals surface area contributed by atoms with Crippen molar-refractivity contribution in [2.45, 2.75) is 76.9 Å². The molecule has 0 unspecified atom stereocenters. The summed E-state index contributed by atoms with van der Waals surface area (Å²) < 4.78 is 0. The van der Waals surface area contributed by atoms with Gasteiger partial charge in [0.15, 0.2) is 5.69 Å². The number of aliphatic hydroxyl groups is 1. The molecule has 0 radical (unpaired) electrons. The van der Waals surface area contributed by atoms with Crippen molar-refractivity contribution in [3.05, 3.63) is 71.9 Å². The van der Waals surface area contributed by atoms with Gasteiger partial charge in [0.25, 0.3) is 5.91 Å². The number of pyridine rings is 2. The average molecular weight is 553 g/mol. The summed E-state index contributed by atoms with van der Waals surface area (Å²) in [6.45, 7) is 2.59. The number of nitrogens with one attached hydrogen (secondary N) is 2. The fourth-order valence-electron chi connectivity index (χ4n) is 6.32. The Balaban J connectivity index is 1.09. The highest BCUT2D eigenvalue weighted by Crippen LogP contribution is 2.29. The molecular formula is C33H40N6O2. The molecule has 1 saturated heterocycles. The van der Waals surface area contributed by atoms with E-state index in [1.54, 1.807) is 6.20 Å². The number of rotatable bonds is 9.